The van der Waals surface area contributed by atoms with Crippen molar-refractivity contribution in [2.45, 2.75) is 58.3 Å². The molecule has 0 N–H and O–H groups in total. The molecule has 0 aromatic heterocycles. The third-order valence-electron chi connectivity index (χ3n) is 4.73. The molecule has 3 aromatic carbocycles. The molecule has 0 bridgehead atoms. The van der Waals surface area contributed by atoms with Crippen molar-refractivity contribution in [3.05, 3.63) is 60.2 Å². The Morgan fingerprint density at radius 1 is 0.696 bits per heavy atom. The summed E-state index contributed by atoms with van der Waals surface area (Å²) in [6.45, 7) is 2.28. The minimum Gasteiger partial charge on any atom is -0.0654 e. The van der Waals surface area contributed by atoms with E-state index in [-0.39, 0.29) is 0 Å². The molecule has 0 saturated heterocycles. The molecule has 1 radical (unpaired) electrons. The summed E-state index contributed by atoms with van der Waals surface area (Å²) in [6, 6.07) is 21.3. The predicted molar refractivity (Wildman–Crippen MR) is 102 cm³/mol. The molecule has 0 saturated carbocycles. The maximum absolute atomic E-state index is 3.63. The van der Waals surface area contributed by atoms with Crippen molar-refractivity contribution in [3.63, 3.8) is 0 Å². The van der Waals surface area contributed by atoms with Gasteiger partial charge in [-0.2, -0.15) is 0 Å². The molecule has 0 fully saturated rings. The molecule has 0 atom stereocenters. The van der Waals surface area contributed by atoms with Gasteiger partial charge in [0.1, 0.15) is 0 Å². The minimum absolute atomic E-state index is 1.16. The molecule has 0 amide bonds. The maximum atomic E-state index is 3.63. The number of hydrogen-bond donors (Lipinski definition) is 0. The lowest BCUT2D eigenvalue weighted by molar-refractivity contribution is 0.589. The second-order valence-electron chi connectivity index (χ2n) is 6.64. The zero-order valence-electron chi connectivity index (χ0n) is 14.3. The average molecular weight is 303 g/mol. The fourth-order valence-corrected chi connectivity index (χ4v) is 3.33. The second-order valence-corrected chi connectivity index (χ2v) is 6.64. The lowest BCUT2D eigenvalue weighted by Gasteiger charge is -2.06. The van der Waals surface area contributed by atoms with Gasteiger partial charge in [0.2, 0.25) is 0 Å². The third-order valence-corrected chi connectivity index (χ3v) is 4.73. The van der Waals surface area contributed by atoms with E-state index < -0.39 is 0 Å². The SMILES string of the molecule is CCCCCCCCCc1[c]c2cc3ccccc3cc2cc1. The fraction of sp³-hybridized carbons (Fsp3) is 0.391. The summed E-state index contributed by atoms with van der Waals surface area (Å²) in [5.41, 5.74) is 1.36. The number of rotatable bonds is 8. The topological polar surface area (TPSA) is 0 Å². The van der Waals surface area contributed by atoms with Gasteiger partial charge in [0.05, 0.1) is 0 Å². The summed E-state index contributed by atoms with van der Waals surface area (Å²) in [5.74, 6) is 0. The number of fused-ring (bicyclic) bond motifs is 2. The normalized spacial score (nSPS) is 11.3. The summed E-state index contributed by atoms with van der Waals surface area (Å²) in [4.78, 5) is 0. The lowest BCUT2D eigenvalue weighted by atomic mass is 9.99. The van der Waals surface area contributed by atoms with Crippen LogP contribution in [0.3, 0.4) is 0 Å². The number of benzene rings is 3. The Labute approximate surface area is 140 Å². The van der Waals surface area contributed by atoms with E-state index >= 15 is 0 Å². The predicted octanol–water partition coefficient (Wildman–Crippen LogP) is 7.09. The summed E-state index contributed by atoms with van der Waals surface area (Å²) < 4.78 is 0. The summed E-state index contributed by atoms with van der Waals surface area (Å²) in [6.07, 6.45) is 10.7. The number of aryl methyl sites for hydroxylation is 1. The quantitative estimate of drug-likeness (QED) is 0.308. The van der Waals surface area contributed by atoms with Crippen LogP contribution in [-0.2, 0) is 6.42 Å². The molecule has 23 heavy (non-hydrogen) atoms. The van der Waals surface area contributed by atoms with Crippen molar-refractivity contribution in [3.8, 4) is 0 Å². The maximum Gasteiger partial charge on any atom is -0.00641 e. The van der Waals surface area contributed by atoms with Crippen molar-refractivity contribution in [1.29, 1.82) is 0 Å². The first-order valence-electron chi connectivity index (χ1n) is 9.20. The van der Waals surface area contributed by atoms with E-state index in [9.17, 15) is 0 Å². The number of unbranched alkanes of at least 4 members (excludes halogenated alkanes) is 6. The minimum atomic E-state index is 1.16. The zero-order valence-corrected chi connectivity index (χ0v) is 14.3. The van der Waals surface area contributed by atoms with Gasteiger partial charge in [-0.05, 0) is 58.1 Å². The van der Waals surface area contributed by atoms with E-state index in [0.29, 0.717) is 0 Å². The standard InChI is InChI=1S/C23H27/c1-2-3-4-5-6-7-8-11-19-14-15-22-17-20-12-9-10-13-21(20)18-23(22)16-19/h9-10,12-15,17-18H,2-8,11H2,1H3. The van der Waals surface area contributed by atoms with Gasteiger partial charge in [-0.15, -0.1) is 0 Å². The van der Waals surface area contributed by atoms with Gasteiger partial charge in [0.25, 0.3) is 0 Å². The van der Waals surface area contributed by atoms with Crippen molar-refractivity contribution >= 4 is 21.5 Å². The third kappa shape index (κ3) is 4.34. The van der Waals surface area contributed by atoms with Crippen LogP contribution < -0.4 is 0 Å². The molecule has 0 spiro atoms. The second kappa shape index (κ2) is 8.15. The molecule has 3 aromatic rings. The van der Waals surface area contributed by atoms with E-state index in [1.807, 2.05) is 0 Å². The van der Waals surface area contributed by atoms with E-state index in [2.05, 4.69) is 61.5 Å². The van der Waals surface area contributed by atoms with Crippen LogP contribution in [0.4, 0.5) is 0 Å². The summed E-state index contributed by atoms with van der Waals surface area (Å²) in [5, 5.41) is 5.17. The van der Waals surface area contributed by atoms with Crippen LogP contribution in [0.1, 0.15) is 57.4 Å². The first-order valence-corrected chi connectivity index (χ1v) is 9.20. The smallest absolute Gasteiger partial charge is 0.00641 e. The molecule has 119 valence electrons. The lowest BCUT2D eigenvalue weighted by Crippen LogP contribution is -1.88. The molecule has 3 rings (SSSR count). The van der Waals surface area contributed by atoms with Crippen LogP contribution in [0, 0.1) is 6.07 Å². The molecule has 0 unspecified atom stereocenters. The van der Waals surface area contributed by atoms with E-state index in [1.54, 1.807) is 0 Å². The first kappa shape index (κ1) is 16.1. The molecular weight excluding hydrogens is 276 g/mol. The molecule has 0 nitrogen and oxygen atoms in total. The first-order chi connectivity index (χ1) is 11.4. The van der Waals surface area contributed by atoms with Crippen molar-refractivity contribution in [1.82, 2.24) is 0 Å². The average Bonchev–Trinajstić information content (AvgIpc) is 2.59. The van der Waals surface area contributed by atoms with Crippen LogP contribution >= 0.6 is 0 Å². The fourth-order valence-electron chi connectivity index (χ4n) is 3.33. The van der Waals surface area contributed by atoms with Crippen molar-refractivity contribution < 1.29 is 0 Å². The molecule has 0 heteroatoms. The Balaban J connectivity index is 1.60. The molecule has 0 aliphatic carbocycles. The highest BCUT2D eigenvalue weighted by Crippen LogP contribution is 2.24. The molecule has 0 aliphatic heterocycles. The van der Waals surface area contributed by atoms with Gasteiger partial charge in [0.15, 0.2) is 0 Å². The Morgan fingerprint density at radius 2 is 1.39 bits per heavy atom. The highest BCUT2D eigenvalue weighted by Gasteiger charge is 2.01. The van der Waals surface area contributed by atoms with Crippen LogP contribution in [0.2, 0.25) is 0 Å². The van der Waals surface area contributed by atoms with Crippen molar-refractivity contribution in [2.24, 2.45) is 0 Å². The monoisotopic (exact) mass is 303 g/mol. The van der Waals surface area contributed by atoms with Gasteiger partial charge in [0, 0.05) is 0 Å². The van der Waals surface area contributed by atoms with E-state index in [1.165, 1.54) is 72.1 Å². The van der Waals surface area contributed by atoms with Gasteiger partial charge in [-0.25, -0.2) is 0 Å². The zero-order chi connectivity index (χ0) is 15.9. The summed E-state index contributed by atoms with van der Waals surface area (Å²) in [7, 11) is 0. The van der Waals surface area contributed by atoms with Gasteiger partial charge in [-0.3, -0.25) is 0 Å². The van der Waals surface area contributed by atoms with Gasteiger partial charge in [-0.1, -0.05) is 81.8 Å². The van der Waals surface area contributed by atoms with Crippen LogP contribution in [0.15, 0.2) is 48.5 Å². The van der Waals surface area contributed by atoms with Crippen molar-refractivity contribution in [2.75, 3.05) is 0 Å². The Kier molecular flexibility index (Phi) is 5.69. The molecule has 0 aliphatic rings. The van der Waals surface area contributed by atoms with Crippen LogP contribution in [-0.4, -0.2) is 0 Å². The highest BCUT2D eigenvalue weighted by atomic mass is 14.1. The van der Waals surface area contributed by atoms with Gasteiger partial charge < -0.3 is 0 Å². The van der Waals surface area contributed by atoms with Gasteiger partial charge >= 0.3 is 0 Å². The Hall–Kier alpha value is -1.82. The Bertz CT molecular complexity index is 754. The van der Waals surface area contributed by atoms with E-state index in [0.717, 1.165) is 6.42 Å². The highest BCUT2D eigenvalue weighted by molar-refractivity contribution is 5.98. The molecular formula is C23H27. The number of hydrogen-bond acceptors (Lipinski definition) is 0. The van der Waals surface area contributed by atoms with E-state index in [4.69, 9.17) is 0 Å². The van der Waals surface area contributed by atoms with Crippen LogP contribution in [0.25, 0.3) is 21.5 Å². The van der Waals surface area contributed by atoms with Crippen LogP contribution in [0.5, 0.6) is 0 Å². The molecule has 0 heterocycles. The summed E-state index contributed by atoms with van der Waals surface area (Å²) >= 11 is 0. The largest absolute Gasteiger partial charge is 0.0654 e. The Morgan fingerprint density at radius 3 is 2.17 bits per heavy atom.